The molecule has 21 heavy (non-hydrogen) atoms. The van der Waals surface area contributed by atoms with Crippen LogP contribution in [0, 0.1) is 5.92 Å². The van der Waals surface area contributed by atoms with Gasteiger partial charge >= 0.3 is 0 Å². The monoisotopic (exact) mass is 290 g/mol. The van der Waals surface area contributed by atoms with Crippen molar-refractivity contribution in [1.29, 1.82) is 0 Å². The van der Waals surface area contributed by atoms with Crippen LogP contribution in [0.3, 0.4) is 0 Å². The second-order valence-corrected chi connectivity index (χ2v) is 6.67. The Morgan fingerprint density at radius 1 is 1.24 bits per heavy atom. The summed E-state index contributed by atoms with van der Waals surface area (Å²) in [6, 6.07) is 9.38. The Hall–Kier alpha value is -1.06. The number of rotatable bonds is 5. The molecule has 118 valence electrons. The molecule has 0 radical (unpaired) electrons. The van der Waals surface area contributed by atoms with Gasteiger partial charge in [-0.3, -0.25) is 4.90 Å². The van der Waals surface area contributed by atoms with Crippen LogP contribution in [0.2, 0.25) is 0 Å². The van der Waals surface area contributed by atoms with Crippen LogP contribution in [0.25, 0.3) is 0 Å². The zero-order chi connectivity index (χ0) is 15.4. The fourth-order valence-corrected chi connectivity index (χ4v) is 3.71. The van der Waals surface area contributed by atoms with Crippen LogP contribution >= 0.6 is 0 Å². The lowest BCUT2D eigenvalue weighted by Crippen LogP contribution is -2.44. The molecule has 4 unspecified atom stereocenters. The molecule has 0 bridgehead atoms. The lowest BCUT2D eigenvalue weighted by Gasteiger charge is -2.41. The maximum Gasteiger partial charge on any atom is 0.118 e. The fraction of sp³-hybridized carbons (Fsp3) is 0.667. The maximum absolute atomic E-state index is 6.31. The van der Waals surface area contributed by atoms with Crippen molar-refractivity contribution >= 4 is 0 Å². The molecule has 2 rings (SSSR count). The van der Waals surface area contributed by atoms with Gasteiger partial charge in [-0.25, -0.2) is 0 Å². The lowest BCUT2D eigenvalue weighted by molar-refractivity contribution is 0.106. The highest BCUT2D eigenvalue weighted by Gasteiger charge is 2.29. The van der Waals surface area contributed by atoms with E-state index in [2.05, 4.69) is 37.9 Å². The van der Waals surface area contributed by atoms with E-state index in [9.17, 15) is 0 Å². The molecule has 3 nitrogen and oxygen atoms in total. The van der Waals surface area contributed by atoms with Gasteiger partial charge in [-0.05, 0) is 50.4 Å². The molecule has 0 saturated heterocycles. The molecule has 3 heteroatoms. The van der Waals surface area contributed by atoms with E-state index in [0.717, 1.165) is 11.7 Å². The summed E-state index contributed by atoms with van der Waals surface area (Å²) in [4.78, 5) is 2.50. The van der Waals surface area contributed by atoms with E-state index >= 15 is 0 Å². The second-order valence-electron chi connectivity index (χ2n) is 6.67. The molecule has 0 aliphatic heterocycles. The zero-order valence-corrected chi connectivity index (χ0v) is 13.9. The van der Waals surface area contributed by atoms with E-state index < -0.39 is 0 Å². The Morgan fingerprint density at radius 2 is 1.90 bits per heavy atom. The molecular weight excluding hydrogens is 260 g/mol. The Bertz CT molecular complexity index is 429. The largest absolute Gasteiger partial charge is 0.497 e. The van der Waals surface area contributed by atoms with Crippen LogP contribution in [-0.4, -0.2) is 31.1 Å². The summed E-state index contributed by atoms with van der Waals surface area (Å²) >= 11 is 0. The summed E-state index contributed by atoms with van der Waals surface area (Å²) in [6.07, 6.45) is 5.29. The Labute approximate surface area is 129 Å². The standard InChI is InChI=1S/C18H30N2O/c1-13-6-5-7-16(12-13)20(3)18(14(2)19)15-8-10-17(21-4)11-9-15/h8-11,13-14,16,18H,5-7,12,19H2,1-4H3. The SMILES string of the molecule is COc1ccc(C(C(C)N)N(C)C2CCCC(C)C2)cc1. The molecular formula is C18H30N2O. The number of nitrogens with two attached hydrogens (primary N) is 1. The number of ether oxygens (including phenoxy) is 1. The van der Waals surface area contributed by atoms with Crippen molar-refractivity contribution in [3.05, 3.63) is 29.8 Å². The molecule has 1 aromatic rings. The van der Waals surface area contributed by atoms with Gasteiger partial charge in [0.15, 0.2) is 0 Å². The van der Waals surface area contributed by atoms with Gasteiger partial charge in [0.2, 0.25) is 0 Å². The minimum atomic E-state index is 0.112. The molecule has 1 aliphatic rings. The van der Waals surface area contributed by atoms with Crippen molar-refractivity contribution in [1.82, 2.24) is 4.90 Å². The molecule has 0 aromatic heterocycles. The maximum atomic E-state index is 6.31. The normalized spacial score (nSPS) is 25.6. The Morgan fingerprint density at radius 3 is 2.43 bits per heavy atom. The molecule has 1 fully saturated rings. The van der Waals surface area contributed by atoms with Crippen molar-refractivity contribution in [2.24, 2.45) is 11.7 Å². The number of methoxy groups -OCH3 is 1. The topological polar surface area (TPSA) is 38.5 Å². The fourth-order valence-electron chi connectivity index (χ4n) is 3.71. The summed E-state index contributed by atoms with van der Waals surface area (Å²) < 4.78 is 5.26. The van der Waals surface area contributed by atoms with Crippen molar-refractivity contribution in [2.75, 3.05) is 14.2 Å². The van der Waals surface area contributed by atoms with Gasteiger partial charge in [0.05, 0.1) is 7.11 Å². The average Bonchev–Trinajstić information content (AvgIpc) is 2.47. The molecule has 1 aliphatic carbocycles. The van der Waals surface area contributed by atoms with E-state index in [0.29, 0.717) is 6.04 Å². The first-order chi connectivity index (χ1) is 10.0. The molecule has 0 amide bonds. The van der Waals surface area contributed by atoms with Gasteiger partial charge in [-0.1, -0.05) is 31.9 Å². The Balaban J connectivity index is 2.16. The molecule has 0 spiro atoms. The predicted octanol–water partition coefficient (Wildman–Crippen LogP) is 3.59. The zero-order valence-electron chi connectivity index (χ0n) is 13.9. The van der Waals surface area contributed by atoms with E-state index in [4.69, 9.17) is 10.5 Å². The highest BCUT2D eigenvalue weighted by atomic mass is 16.5. The number of benzene rings is 1. The summed E-state index contributed by atoms with van der Waals surface area (Å²) in [6.45, 7) is 4.48. The van der Waals surface area contributed by atoms with E-state index in [1.165, 1.54) is 31.2 Å². The Kier molecular flexibility index (Phi) is 5.65. The van der Waals surface area contributed by atoms with E-state index in [1.807, 2.05) is 12.1 Å². The average molecular weight is 290 g/mol. The summed E-state index contributed by atoms with van der Waals surface area (Å²) in [5.41, 5.74) is 7.59. The van der Waals surface area contributed by atoms with Crippen molar-refractivity contribution in [2.45, 2.75) is 57.7 Å². The van der Waals surface area contributed by atoms with Crippen LogP contribution in [0.4, 0.5) is 0 Å². The number of hydrogen-bond acceptors (Lipinski definition) is 3. The van der Waals surface area contributed by atoms with Gasteiger partial charge in [-0.2, -0.15) is 0 Å². The van der Waals surface area contributed by atoms with Gasteiger partial charge in [0.25, 0.3) is 0 Å². The van der Waals surface area contributed by atoms with E-state index in [1.54, 1.807) is 7.11 Å². The number of likely N-dealkylation sites (N-methyl/N-ethyl adjacent to an activating group) is 1. The van der Waals surface area contributed by atoms with Crippen molar-refractivity contribution < 1.29 is 4.74 Å². The third-order valence-corrected chi connectivity index (χ3v) is 4.88. The van der Waals surface area contributed by atoms with Crippen molar-refractivity contribution in [3.8, 4) is 5.75 Å². The molecule has 4 atom stereocenters. The summed E-state index contributed by atoms with van der Waals surface area (Å²) in [5.74, 6) is 1.73. The van der Waals surface area contributed by atoms with E-state index in [-0.39, 0.29) is 12.1 Å². The van der Waals surface area contributed by atoms with Crippen LogP contribution in [0.15, 0.2) is 24.3 Å². The predicted molar refractivity (Wildman–Crippen MR) is 88.6 cm³/mol. The second kappa shape index (κ2) is 7.28. The van der Waals surface area contributed by atoms with Crippen LogP contribution in [0.5, 0.6) is 5.75 Å². The smallest absolute Gasteiger partial charge is 0.118 e. The quantitative estimate of drug-likeness (QED) is 0.900. The third-order valence-electron chi connectivity index (χ3n) is 4.88. The van der Waals surface area contributed by atoms with Gasteiger partial charge < -0.3 is 10.5 Å². The third kappa shape index (κ3) is 3.98. The minimum Gasteiger partial charge on any atom is -0.497 e. The van der Waals surface area contributed by atoms with Crippen LogP contribution in [-0.2, 0) is 0 Å². The highest BCUT2D eigenvalue weighted by molar-refractivity contribution is 5.30. The molecule has 1 aromatic carbocycles. The number of nitrogens with zero attached hydrogens (tertiary/aromatic N) is 1. The lowest BCUT2D eigenvalue weighted by atomic mass is 9.85. The molecule has 1 saturated carbocycles. The first kappa shape index (κ1) is 16.3. The number of hydrogen-bond donors (Lipinski definition) is 1. The van der Waals surface area contributed by atoms with Gasteiger partial charge in [0, 0.05) is 18.1 Å². The first-order valence-electron chi connectivity index (χ1n) is 8.14. The summed E-state index contributed by atoms with van der Waals surface area (Å²) in [7, 11) is 3.94. The minimum absolute atomic E-state index is 0.112. The molecule has 0 heterocycles. The van der Waals surface area contributed by atoms with Crippen molar-refractivity contribution in [3.63, 3.8) is 0 Å². The van der Waals surface area contributed by atoms with Crippen LogP contribution in [0.1, 0.15) is 51.1 Å². The van der Waals surface area contributed by atoms with Crippen LogP contribution < -0.4 is 10.5 Å². The van der Waals surface area contributed by atoms with Gasteiger partial charge in [-0.15, -0.1) is 0 Å². The van der Waals surface area contributed by atoms with Gasteiger partial charge in [0.1, 0.15) is 5.75 Å². The first-order valence-corrected chi connectivity index (χ1v) is 8.14. The highest BCUT2D eigenvalue weighted by Crippen LogP contribution is 2.33. The summed E-state index contributed by atoms with van der Waals surface area (Å²) in [5, 5.41) is 0. The molecule has 2 N–H and O–H groups in total.